The maximum atomic E-state index is 11.9. The molecule has 3 rings (SSSR count). The SMILES string of the molecule is CN=C(NCCN1CCCS1(=O)=O)N1CCN(C/C=C/c2ccccc2)CC1.I. The number of piperazine rings is 1. The van der Waals surface area contributed by atoms with E-state index in [1.54, 1.807) is 11.4 Å². The summed E-state index contributed by atoms with van der Waals surface area (Å²) in [6.45, 7) is 6.49. The maximum absolute atomic E-state index is 11.9. The highest BCUT2D eigenvalue weighted by Gasteiger charge is 2.27. The van der Waals surface area contributed by atoms with Gasteiger partial charge in [-0.25, -0.2) is 12.7 Å². The molecule has 0 aromatic heterocycles. The lowest BCUT2D eigenvalue weighted by molar-refractivity contribution is 0.194. The molecule has 2 heterocycles. The average molecular weight is 533 g/mol. The lowest BCUT2D eigenvalue weighted by atomic mass is 10.2. The fraction of sp³-hybridized carbons (Fsp3) is 0.550. The molecule has 2 aliphatic rings. The average Bonchev–Trinajstić information content (AvgIpc) is 3.05. The zero-order valence-electron chi connectivity index (χ0n) is 17.0. The van der Waals surface area contributed by atoms with Crippen LogP contribution in [0.15, 0.2) is 41.4 Å². The molecular weight excluding hydrogens is 501 g/mol. The summed E-state index contributed by atoms with van der Waals surface area (Å²) < 4.78 is 25.3. The lowest BCUT2D eigenvalue weighted by Gasteiger charge is -2.36. The van der Waals surface area contributed by atoms with Crippen molar-refractivity contribution in [2.45, 2.75) is 6.42 Å². The molecule has 1 N–H and O–H groups in total. The first kappa shape index (κ1) is 24.1. The Morgan fingerprint density at radius 1 is 1.14 bits per heavy atom. The van der Waals surface area contributed by atoms with Crippen molar-refractivity contribution in [1.82, 2.24) is 19.4 Å². The smallest absolute Gasteiger partial charge is 0.214 e. The molecule has 0 saturated carbocycles. The molecule has 0 radical (unpaired) electrons. The van der Waals surface area contributed by atoms with Gasteiger partial charge in [0, 0.05) is 59.4 Å². The van der Waals surface area contributed by atoms with Gasteiger partial charge in [-0.2, -0.15) is 0 Å². The van der Waals surface area contributed by atoms with Gasteiger partial charge in [-0.05, 0) is 12.0 Å². The molecule has 2 fully saturated rings. The Labute approximate surface area is 191 Å². The van der Waals surface area contributed by atoms with Crippen molar-refractivity contribution in [3.8, 4) is 0 Å². The van der Waals surface area contributed by atoms with Gasteiger partial charge < -0.3 is 10.2 Å². The molecule has 2 saturated heterocycles. The van der Waals surface area contributed by atoms with Gasteiger partial charge in [0.15, 0.2) is 5.96 Å². The minimum absolute atomic E-state index is 0. The molecule has 0 bridgehead atoms. The van der Waals surface area contributed by atoms with E-state index in [-0.39, 0.29) is 29.7 Å². The summed E-state index contributed by atoms with van der Waals surface area (Å²) in [7, 11) is -1.24. The fourth-order valence-corrected chi connectivity index (χ4v) is 5.14. The monoisotopic (exact) mass is 533 g/mol. The van der Waals surface area contributed by atoms with Crippen molar-refractivity contribution in [1.29, 1.82) is 0 Å². The number of halogens is 1. The van der Waals surface area contributed by atoms with E-state index in [1.807, 2.05) is 6.07 Å². The quantitative estimate of drug-likeness (QED) is 0.342. The minimum atomic E-state index is -3.03. The zero-order valence-corrected chi connectivity index (χ0v) is 20.2. The molecule has 0 spiro atoms. The molecule has 1 aromatic rings. The molecule has 2 aliphatic heterocycles. The predicted octanol–water partition coefficient (Wildman–Crippen LogP) is 1.55. The van der Waals surface area contributed by atoms with Crippen molar-refractivity contribution in [3.63, 3.8) is 0 Å². The van der Waals surface area contributed by atoms with Crippen LogP contribution >= 0.6 is 24.0 Å². The number of sulfonamides is 1. The van der Waals surface area contributed by atoms with E-state index in [9.17, 15) is 8.42 Å². The molecule has 162 valence electrons. The maximum Gasteiger partial charge on any atom is 0.214 e. The molecule has 7 nitrogen and oxygen atoms in total. The van der Waals surface area contributed by atoms with Gasteiger partial charge in [-0.15, -0.1) is 24.0 Å². The molecule has 0 unspecified atom stereocenters. The molecule has 9 heteroatoms. The number of hydrogen-bond donors (Lipinski definition) is 1. The zero-order chi connectivity index (χ0) is 19.8. The molecule has 1 aromatic carbocycles. The van der Waals surface area contributed by atoms with Crippen LogP contribution in [0.4, 0.5) is 0 Å². The van der Waals surface area contributed by atoms with Gasteiger partial charge in [0.1, 0.15) is 0 Å². The van der Waals surface area contributed by atoms with Crippen molar-refractivity contribution >= 4 is 46.0 Å². The Morgan fingerprint density at radius 2 is 1.86 bits per heavy atom. The first-order valence-electron chi connectivity index (χ1n) is 9.96. The van der Waals surface area contributed by atoms with Gasteiger partial charge in [-0.3, -0.25) is 9.89 Å². The van der Waals surface area contributed by atoms with Gasteiger partial charge in [0.05, 0.1) is 5.75 Å². The highest BCUT2D eigenvalue weighted by atomic mass is 127. The fourth-order valence-electron chi connectivity index (χ4n) is 3.61. The Morgan fingerprint density at radius 3 is 2.48 bits per heavy atom. The van der Waals surface area contributed by atoms with E-state index in [4.69, 9.17) is 0 Å². The Kier molecular flexibility index (Phi) is 9.87. The number of guanidine groups is 1. The Bertz CT molecular complexity index is 777. The summed E-state index contributed by atoms with van der Waals surface area (Å²) in [6, 6.07) is 10.4. The van der Waals surface area contributed by atoms with E-state index in [2.05, 4.69) is 56.5 Å². The van der Waals surface area contributed by atoms with E-state index in [0.29, 0.717) is 19.6 Å². The van der Waals surface area contributed by atoms with Crippen LogP contribution in [-0.2, 0) is 10.0 Å². The largest absolute Gasteiger partial charge is 0.355 e. The summed E-state index contributed by atoms with van der Waals surface area (Å²) in [4.78, 5) is 9.05. The summed E-state index contributed by atoms with van der Waals surface area (Å²) in [5.41, 5.74) is 1.23. The van der Waals surface area contributed by atoms with Crippen molar-refractivity contribution < 1.29 is 8.42 Å². The van der Waals surface area contributed by atoms with Gasteiger partial charge in [0.25, 0.3) is 0 Å². The number of rotatable bonds is 6. The molecule has 0 aliphatic carbocycles. The molecule has 29 heavy (non-hydrogen) atoms. The van der Waals surface area contributed by atoms with Gasteiger partial charge >= 0.3 is 0 Å². The second-order valence-corrected chi connectivity index (χ2v) is 9.23. The van der Waals surface area contributed by atoms with Crippen LogP contribution in [0.3, 0.4) is 0 Å². The topological polar surface area (TPSA) is 68.2 Å². The van der Waals surface area contributed by atoms with Gasteiger partial charge in [-0.1, -0.05) is 42.5 Å². The lowest BCUT2D eigenvalue weighted by Crippen LogP contribution is -2.53. The van der Waals surface area contributed by atoms with Crippen LogP contribution in [0, 0.1) is 0 Å². The van der Waals surface area contributed by atoms with Crippen molar-refractivity contribution in [2.75, 3.05) is 65.2 Å². The Balaban J connectivity index is 0.00000300. The summed E-state index contributed by atoms with van der Waals surface area (Å²) >= 11 is 0. The highest BCUT2D eigenvalue weighted by molar-refractivity contribution is 14.0. The van der Waals surface area contributed by atoms with Crippen LogP contribution in [0.2, 0.25) is 0 Å². The first-order chi connectivity index (χ1) is 13.6. The van der Waals surface area contributed by atoms with E-state index < -0.39 is 10.0 Å². The summed E-state index contributed by atoms with van der Waals surface area (Å²) in [5.74, 6) is 1.14. The first-order valence-corrected chi connectivity index (χ1v) is 11.6. The number of hydrogen-bond acceptors (Lipinski definition) is 4. The molecule has 0 atom stereocenters. The third-order valence-corrected chi connectivity index (χ3v) is 7.16. The van der Waals surface area contributed by atoms with Crippen LogP contribution in [0.25, 0.3) is 6.08 Å². The third-order valence-electron chi connectivity index (χ3n) is 5.20. The number of aliphatic imine (C=N–C) groups is 1. The summed E-state index contributed by atoms with van der Waals surface area (Å²) in [6.07, 6.45) is 5.12. The van der Waals surface area contributed by atoms with Crippen LogP contribution in [-0.4, -0.2) is 93.6 Å². The highest BCUT2D eigenvalue weighted by Crippen LogP contribution is 2.12. The number of nitrogens with zero attached hydrogens (tertiary/aromatic N) is 4. The van der Waals surface area contributed by atoms with Crippen LogP contribution < -0.4 is 5.32 Å². The normalized spacial score (nSPS) is 20.7. The predicted molar refractivity (Wildman–Crippen MR) is 130 cm³/mol. The second kappa shape index (κ2) is 11.9. The number of nitrogens with one attached hydrogen (secondary N) is 1. The van der Waals surface area contributed by atoms with Crippen LogP contribution in [0.5, 0.6) is 0 Å². The van der Waals surface area contributed by atoms with Crippen LogP contribution in [0.1, 0.15) is 12.0 Å². The number of benzene rings is 1. The van der Waals surface area contributed by atoms with Crippen molar-refractivity contribution in [3.05, 3.63) is 42.0 Å². The Hall–Kier alpha value is -1.17. The van der Waals surface area contributed by atoms with E-state index in [0.717, 1.165) is 45.1 Å². The van der Waals surface area contributed by atoms with E-state index >= 15 is 0 Å². The minimum Gasteiger partial charge on any atom is -0.355 e. The standard InChI is InChI=1S/C20H31N5O2S.HI/c1-21-20(22-10-13-25-12-6-18-28(25,26)27)24-16-14-23(15-17-24)11-5-9-19-7-3-2-4-8-19;/h2-5,7-9H,6,10-18H2,1H3,(H,21,22);1H/b9-5+;. The molecular formula is C20H32IN5O2S. The van der Waals surface area contributed by atoms with E-state index in [1.165, 1.54) is 5.56 Å². The third kappa shape index (κ3) is 7.23. The second-order valence-electron chi connectivity index (χ2n) is 7.14. The van der Waals surface area contributed by atoms with Gasteiger partial charge in [0.2, 0.25) is 10.0 Å². The van der Waals surface area contributed by atoms with Crippen molar-refractivity contribution in [2.24, 2.45) is 4.99 Å². The molecule has 0 amide bonds. The summed E-state index contributed by atoms with van der Waals surface area (Å²) in [5, 5.41) is 3.32.